The highest BCUT2D eigenvalue weighted by Crippen LogP contribution is 2.25. The largest absolute Gasteiger partial charge is 0.496 e. The standard InChI is InChI=1S/C13H19F3N2O/c1-9(2)18(8-13(14,15)16)7-10-6-11(17)4-5-12(10)19-3/h4-6,9H,7-8,17H2,1-3H3. The fourth-order valence-electron chi connectivity index (χ4n) is 1.79. The zero-order valence-corrected chi connectivity index (χ0v) is 11.3. The van der Waals surface area contributed by atoms with Gasteiger partial charge in [0.05, 0.1) is 13.7 Å². The minimum absolute atomic E-state index is 0.144. The van der Waals surface area contributed by atoms with E-state index in [1.165, 1.54) is 12.0 Å². The number of benzene rings is 1. The second-order valence-electron chi connectivity index (χ2n) is 4.69. The number of methoxy groups -OCH3 is 1. The number of rotatable bonds is 5. The summed E-state index contributed by atoms with van der Waals surface area (Å²) < 4.78 is 42.7. The highest BCUT2D eigenvalue weighted by atomic mass is 19.4. The van der Waals surface area contributed by atoms with Crippen molar-refractivity contribution in [3.63, 3.8) is 0 Å². The molecule has 0 spiro atoms. The Morgan fingerprint density at radius 3 is 2.42 bits per heavy atom. The molecule has 0 bridgehead atoms. The van der Waals surface area contributed by atoms with E-state index < -0.39 is 12.7 Å². The van der Waals surface area contributed by atoms with E-state index in [1.54, 1.807) is 32.0 Å². The molecule has 0 aliphatic heterocycles. The third-order valence-electron chi connectivity index (χ3n) is 2.79. The van der Waals surface area contributed by atoms with Crippen LogP contribution in [0.15, 0.2) is 18.2 Å². The van der Waals surface area contributed by atoms with Crippen molar-refractivity contribution >= 4 is 5.69 Å². The summed E-state index contributed by atoms with van der Waals surface area (Å²) in [6, 6.07) is 4.74. The summed E-state index contributed by atoms with van der Waals surface area (Å²) in [7, 11) is 1.48. The first-order chi connectivity index (χ1) is 8.73. The van der Waals surface area contributed by atoms with Crippen LogP contribution in [0.4, 0.5) is 18.9 Å². The fraction of sp³-hybridized carbons (Fsp3) is 0.538. The number of ether oxygens (including phenoxy) is 1. The molecule has 0 saturated carbocycles. The van der Waals surface area contributed by atoms with Gasteiger partial charge >= 0.3 is 6.18 Å². The number of alkyl halides is 3. The molecule has 3 nitrogen and oxygen atoms in total. The molecular formula is C13H19F3N2O. The molecular weight excluding hydrogens is 257 g/mol. The number of hydrogen-bond acceptors (Lipinski definition) is 3. The lowest BCUT2D eigenvalue weighted by Crippen LogP contribution is -2.38. The summed E-state index contributed by atoms with van der Waals surface area (Å²) >= 11 is 0. The number of nitrogens with zero attached hydrogens (tertiary/aromatic N) is 1. The van der Waals surface area contributed by atoms with Crippen molar-refractivity contribution in [2.24, 2.45) is 0 Å². The summed E-state index contributed by atoms with van der Waals surface area (Å²) in [5.74, 6) is 0.544. The van der Waals surface area contributed by atoms with Crippen LogP contribution in [0, 0.1) is 0 Å². The molecule has 108 valence electrons. The molecule has 0 aliphatic carbocycles. The predicted molar refractivity (Wildman–Crippen MR) is 69.0 cm³/mol. The molecule has 0 amide bonds. The van der Waals surface area contributed by atoms with E-state index >= 15 is 0 Å². The van der Waals surface area contributed by atoms with Crippen LogP contribution in [-0.2, 0) is 6.54 Å². The second-order valence-corrected chi connectivity index (χ2v) is 4.69. The lowest BCUT2D eigenvalue weighted by atomic mass is 10.1. The Bertz CT molecular complexity index is 419. The minimum atomic E-state index is -4.22. The Balaban J connectivity index is 2.93. The molecule has 0 atom stereocenters. The van der Waals surface area contributed by atoms with Gasteiger partial charge in [-0.15, -0.1) is 0 Å². The number of nitrogens with two attached hydrogens (primary N) is 1. The van der Waals surface area contributed by atoms with Crippen LogP contribution in [0.5, 0.6) is 5.75 Å². The molecule has 0 unspecified atom stereocenters. The summed E-state index contributed by atoms with van der Waals surface area (Å²) in [5.41, 5.74) is 6.82. The van der Waals surface area contributed by atoms with Crippen molar-refractivity contribution in [1.29, 1.82) is 0 Å². The van der Waals surface area contributed by atoms with E-state index in [0.717, 1.165) is 0 Å². The molecule has 0 heterocycles. The summed E-state index contributed by atoms with van der Waals surface area (Å²) in [6.07, 6.45) is -4.22. The third-order valence-corrected chi connectivity index (χ3v) is 2.79. The SMILES string of the molecule is COc1ccc(N)cc1CN(CC(F)(F)F)C(C)C. The maximum Gasteiger partial charge on any atom is 0.401 e. The van der Waals surface area contributed by atoms with Gasteiger partial charge in [0.1, 0.15) is 5.75 Å². The van der Waals surface area contributed by atoms with Gasteiger partial charge in [0.2, 0.25) is 0 Å². The van der Waals surface area contributed by atoms with Gasteiger partial charge in [0.15, 0.2) is 0 Å². The van der Waals surface area contributed by atoms with Crippen molar-refractivity contribution in [3.05, 3.63) is 23.8 Å². The molecule has 0 aliphatic rings. The van der Waals surface area contributed by atoms with Crippen molar-refractivity contribution in [1.82, 2.24) is 4.90 Å². The number of nitrogen functional groups attached to an aromatic ring is 1. The lowest BCUT2D eigenvalue weighted by Gasteiger charge is -2.28. The van der Waals surface area contributed by atoms with Gasteiger partial charge in [-0.3, -0.25) is 4.90 Å². The summed E-state index contributed by atoms with van der Waals surface area (Å²) in [5, 5.41) is 0. The molecule has 19 heavy (non-hydrogen) atoms. The highest BCUT2D eigenvalue weighted by Gasteiger charge is 2.32. The molecule has 1 rings (SSSR count). The van der Waals surface area contributed by atoms with Crippen molar-refractivity contribution in [2.75, 3.05) is 19.4 Å². The van der Waals surface area contributed by atoms with E-state index in [0.29, 0.717) is 17.0 Å². The number of halogens is 3. The zero-order valence-electron chi connectivity index (χ0n) is 11.3. The van der Waals surface area contributed by atoms with E-state index in [9.17, 15) is 13.2 Å². The quantitative estimate of drug-likeness (QED) is 0.840. The normalized spacial score (nSPS) is 12.2. The molecule has 0 radical (unpaired) electrons. The molecule has 1 aromatic carbocycles. The highest BCUT2D eigenvalue weighted by molar-refractivity contribution is 5.47. The van der Waals surface area contributed by atoms with Gasteiger partial charge in [-0.25, -0.2) is 0 Å². The van der Waals surface area contributed by atoms with Crippen LogP contribution in [0.1, 0.15) is 19.4 Å². The molecule has 0 fully saturated rings. The van der Waals surface area contributed by atoms with E-state index in [4.69, 9.17) is 10.5 Å². The summed E-state index contributed by atoms with van der Waals surface area (Å²) in [6.45, 7) is 2.64. The van der Waals surface area contributed by atoms with Gasteiger partial charge in [0, 0.05) is 23.8 Å². The molecule has 6 heteroatoms. The first-order valence-electron chi connectivity index (χ1n) is 5.96. The van der Waals surface area contributed by atoms with Gasteiger partial charge in [-0.1, -0.05) is 0 Å². The average molecular weight is 276 g/mol. The van der Waals surface area contributed by atoms with Crippen molar-refractivity contribution in [3.8, 4) is 5.75 Å². The van der Waals surface area contributed by atoms with Crippen molar-refractivity contribution < 1.29 is 17.9 Å². The fourth-order valence-corrected chi connectivity index (χ4v) is 1.79. The molecule has 2 N–H and O–H groups in total. The first kappa shape index (κ1) is 15.6. The smallest absolute Gasteiger partial charge is 0.401 e. The number of anilines is 1. The Morgan fingerprint density at radius 1 is 1.32 bits per heavy atom. The van der Waals surface area contributed by atoms with Crippen molar-refractivity contribution in [2.45, 2.75) is 32.6 Å². The maximum absolute atomic E-state index is 12.5. The van der Waals surface area contributed by atoms with Crippen LogP contribution in [0.25, 0.3) is 0 Å². The number of hydrogen-bond donors (Lipinski definition) is 1. The Hall–Kier alpha value is -1.43. The van der Waals surface area contributed by atoms with Crippen LogP contribution in [0.2, 0.25) is 0 Å². The topological polar surface area (TPSA) is 38.5 Å². The summed E-state index contributed by atoms with van der Waals surface area (Å²) in [4.78, 5) is 1.33. The van der Waals surface area contributed by atoms with Gasteiger partial charge in [0.25, 0.3) is 0 Å². The minimum Gasteiger partial charge on any atom is -0.496 e. The monoisotopic (exact) mass is 276 g/mol. The Labute approximate surface area is 111 Å². The van der Waals surface area contributed by atoms with Gasteiger partial charge in [-0.2, -0.15) is 13.2 Å². The first-order valence-corrected chi connectivity index (χ1v) is 5.96. The van der Waals surface area contributed by atoms with E-state index in [2.05, 4.69) is 0 Å². The van der Waals surface area contributed by atoms with Crippen LogP contribution >= 0.6 is 0 Å². The van der Waals surface area contributed by atoms with E-state index in [1.807, 2.05) is 0 Å². The second kappa shape index (κ2) is 6.14. The zero-order chi connectivity index (χ0) is 14.6. The average Bonchev–Trinajstić information content (AvgIpc) is 2.26. The Kier molecular flexibility index (Phi) is 5.05. The van der Waals surface area contributed by atoms with Gasteiger partial charge in [-0.05, 0) is 32.0 Å². The molecule has 1 aromatic rings. The molecule has 0 aromatic heterocycles. The van der Waals surface area contributed by atoms with Gasteiger partial charge < -0.3 is 10.5 Å². The van der Waals surface area contributed by atoms with Crippen LogP contribution < -0.4 is 10.5 Å². The van der Waals surface area contributed by atoms with E-state index in [-0.39, 0.29) is 12.6 Å². The molecule has 0 saturated heterocycles. The lowest BCUT2D eigenvalue weighted by molar-refractivity contribution is -0.150. The third kappa shape index (κ3) is 4.98. The Morgan fingerprint density at radius 2 is 1.95 bits per heavy atom. The van der Waals surface area contributed by atoms with Crippen LogP contribution in [-0.4, -0.2) is 30.8 Å². The maximum atomic E-state index is 12.5. The predicted octanol–water partition coefficient (Wildman–Crippen LogP) is 3.05. The van der Waals surface area contributed by atoms with Crippen LogP contribution in [0.3, 0.4) is 0 Å².